The van der Waals surface area contributed by atoms with Crippen molar-refractivity contribution in [1.82, 2.24) is 9.80 Å². The van der Waals surface area contributed by atoms with Gasteiger partial charge in [-0.1, -0.05) is 24.3 Å². The Balaban J connectivity index is 2.55. The molecule has 5 nitrogen and oxygen atoms in total. The van der Waals surface area contributed by atoms with Crippen LogP contribution in [0.25, 0.3) is 0 Å². The summed E-state index contributed by atoms with van der Waals surface area (Å²) in [5.74, 6) is -0.0784. The normalized spacial score (nSPS) is 10.3. The number of carbonyl (C=O) groups excluding carboxylic acids is 2. The van der Waals surface area contributed by atoms with Crippen molar-refractivity contribution in [1.29, 1.82) is 0 Å². The van der Waals surface area contributed by atoms with Crippen LogP contribution in [-0.4, -0.2) is 48.3 Å². The fourth-order valence-electron chi connectivity index (χ4n) is 2.07. The number of carbonyl (C=O) groups is 2. The number of rotatable bonds is 7. The minimum absolute atomic E-state index is 0.0191. The number of hydrogen-bond donors (Lipinski definition) is 1. The Kier molecular flexibility index (Phi) is 6.88. The molecule has 0 aliphatic rings. The predicted molar refractivity (Wildman–Crippen MR) is 83.6 cm³/mol. The zero-order valence-electron chi connectivity index (χ0n) is 13.1. The molecular formula is C16H25N3O2. The van der Waals surface area contributed by atoms with Gasteiger partial charge in [-0.25, -0.2) is 0 Å². The van der Waals surface area contributed by atoms with Crippen molar-refractivity contribution in [3.05, 3.63) is 35.4 Å². The van der Waals surface area contributed by atoms with Gasteiger partial charge in [0.05, 0.1) is 13.0 Å². The summed E-state index contributed by atoms with van der Waals surface area (Å²) in [7, 11) is 1.66. The average Bonchev–Trinajstić information content (AvgIpc) is 2.49. The van der Waals surface area contributed by atoms with E-state index in [-0.39, 0.29) is 18.4 Å². The molecule has 1 aromatic carbocycles. The van der Waals surface area contributed by atoms with Gasteiger partial charge in [0.1, 0.15) is 0 Å². The van der Waals surface area contributed by atoms with Gasteiger partial charge in [0, 0.05) is 26.7 Å². The molecule has 0 fully saturated rings. The first-order chi connectivity index (χ1) is 10.0. The Labute approximate surface area is 126 Å². The number of amides is 2. The van der Waals surface area contributed by atoms with E-state index in [0.717, 1.165) is 11.1 Å². The number of benzene rings is 1. The third-order valence-corrected chi connectivity index (χ3v) is 3.53. The van der Waals surface area contributed by atoms with Crippen LogP contribution in [0.15, 0.2) is 24.3 Å². The van der Waals surface area contributed by atoms with E-state index in [4.69, 9.17) is 5.73 Å². The van der Waals surface area contributed by atoms with Gasteiger partial charge in [0.15, 0.2) is 0 Å². The SMILES string of the molecule is CCN(CC)C(=O)CN(C)C(=O)Cc1ccc(CN)cc1. The van der Waals surface area contributed by atoms with E-state index in [1.165, 1.54) is 4.90 Å². The Morgan fingerprint density at radius 2 is 1.52 bits per heavy atom. The molecule has 0 bridgehead atoms. The van der Waals surface area contributed by atoms with E-state index in [0.29, 0.717) is 26.1 Å². The Bertz CT molecular complexity index is 467. The lowest BCUT2D eigenvalue weighted by molar-refractivity contribution is -0.138. The van der Waals surface area contributed by atoms with Crippen LogP contribution in [0, 0.1) is 0 Å². The second-order valence-electron chi connectivity index (χ2n) is 5.01. The van der Waals surface area contributed by atoms with Gasteiger partial charge < -0.3 is 15.5 Å². The highest BCUT2D eigenvalue weighted by Crippen LogP contribution is 2.06. The standard InChI is InChI=1S/C16H25N3O2/c1-4-19(5-2)16(21)12-18(3)15(20)10-13-6-8-14(11-17)9-7-13/h6-9H,4-5,10-12,17H2,1-3H3. The van der Waals surface area contributed by atoms with Gasteiger partial charge in [0.25, 0.3) is 0 Å². The van der Waals surface area contributed by atoms with Crippen molar-refractivity contribution in [2.24, 2.45) is 5.73 Å². The first-order valence-corrected chi connectivity index (χ1v) is 7.31. The molecule has 21 heavy (non-hydrogen) atoms. The molecule has 2 amide bonds. The quantitative estimate of drug-likeness (QED) is 0.815. The van der Waals surface area contributed by atoms with Gasteiger partial charge in [-0.2, -0.15) is 0 Å². The molecule has 0 saturated heterocycles. The molecule has 0 atom stereocenters. The van der Waals surface area contributed by atoms with E-state index in [2.05, 4.69) is 0 Å². The summed E-state index contributed by atoms with van der Waals surface area (Å²) in [6.07, 6.45) is 0.298. The summed E-state index contributed by atoms with van der Waals surface area (Å²) in [5, 5.41) is 0. The van der Waals surface area contributed by atoms with Gasteiger partial charge in [-0.05, 0) is 25.0 Å². The summed E-state index contributed by atoms with van der Waals surface area (Å²) in [6, 6.07) is 7.65. The molecule has 0 unspecified atom stereocenters. The predicted octanol–water partition coefficient (Wildman–Crippen LogP) is 1.01. The van der Waals surface area contributed by atoms with Crippen LogP contribution in [0.4, 0.5) is 0 Å². The number of nitrogens with zero attached hydrogens (tertiary/aromatic N) is 2. The molecule has 0 aromatic heterocycles. The molecule has 0 saturated carbocycles. The van der Waals surface area contributed by atoms with Crippen molar-refractivity contribution in [3.63, 3.8) is 0 Å². The Morgan fingerprint density at radius 3 is 2.00 bits per heavy atom. The molecule has 0 radical (unpaired) electrons. The smallest absolute Gasteiger partial charge is 0.242 e. The summed E-state index contributed by atoms with van der Waals surface area (Å²) in [6.45, 7) is 5.81. The maximum absolute atomic E-state index is 12.1. The topological polar surface area (TPSA) is 66.6 Å². The van der Waals surface area contributed by atoms with Crippen LogP contribution < -0.4 is 5.73 Å². The highest BCUT2D eigenvalue weighted by molar-refractivity contribution is 5.85. The van der Waals surface area contributed by atoms with Crippen molar-refractivity contribution < 1.29 is 9.59 Å². The van der Waals surface area contributed by atoms with Crippen molar-refractivity contribution in [2.75, 3.05) is 26.7 Å². The van der Waals surface area contributed by atoms with Gasteiger partial charge >= 0.3 is 0 Å². The maximum Gasteiger partial charge on any atom is 0.242 e. The van der Waals surface area contributed by atoms with E-state index >= 15 is 0 Å². The highest BCUT2D eigenvalue weighted by Gasteiger charge is 2.16. The van der Waals surface area contributed by atoms with Crippen molar-refractivity contribution in [3.8, 4) is 0 Å². The van der Waals surface area contributed by atoms with Crippen LogP contribution in [0.3, 0.4) is 0 Å². The first-order valence-electron chi connectivity index (χ1n) is 7.31. The average molecular weight is 291 g/mol. The molecule has 5 heteroatoms. The molecule has 1 rings (SSSR count). The molecule has 0 aliphatic carbocycles. The van der Waals surface area contributed by atoms with E-state index in [1.807, 2.05) is 38.1 Å². The summed E-state index contributed by atoms with van der Waals surface area (Å²) < 4.78 is 0. The largest absolute Gasteiger partial charge is 0.342 e. The number of nitrogens with two attached hydrogens (primary N) is 1. The van der Waals surface area contributed by atoms with Crippen LogP contribution in [0.1, 0.15) is 25.0 Å². The fourth-order valence-corrected chi connectivity index (χ4v) is 2.07. The van der Waals surface area contributed by atoms with E-state index < -0.39 is 0 Å². The molecule has 1 aromatic rings. The van der Waals surface area contributed by atoms with Crippen LogP contribution >= 0.6 is 0 Å². The fraction of sp³-hybridized carbons (Fsp3) is 0.500. The van der Waals surface area contributed by atoms with Gasteiger partial charge in [-0.3, -0.25) is 9.59 Å². The summed E-state index contributed by atoms with van der Waals surface area (Å²) >= 11 is 0. The number of likely N-dealkylation sites (N-methyl/N-ethyl adjacent to an activating group) is 2. The lowest BCUT2D eigenvalue weighted by Crippen LogP contribution is -2.41. The second-order valence-corrected chi connectivity index (χ2v) is 5.01. The molecule has 0 spiro atoms. The minimum Gasteiger partial charge on any atom is -0.342 e. The first kappa shape index (κ1) is 17.2. The molecule has 116 valence electrons. The molecule has 0 aliphatic heterocycles. The Hall–Kier alpha value is -1.88. The molecule has 0 heterocycles. The highest BCUT2D eigenvalue weighted by atomic mass is 16.2. The van der Waals surface area contributed by atoms with Crippen LogP contribution in [0.2, 0.25) is 0 Å². The third kappa shape index (κ3) is 5.19. The van der Waals surface area contributed by atoms with Crippen molar-refractivity contribution >= 4 is 11.8 Å². The van der Waals surface area contributed by atoms with Gasteiger partial charge in [-0.15, -0.1) is 0 Å². The zero-order valence-corrected chi connectivity index (χ0v) is 13.1. The Morgan fingerprint density at radius 1 is 1.00 bits per heavy atom. The molecular weight excluding hydrogens is 266 g/mol. The van der Waals surface area contributed by atoms with Crippen molar-refractivity contribution in [2.45, 2.75) is 26.8 Å². The summed E-state index contributed by atoms with van der Waals surface area (Å²) in [5.41, 5.74) is 7.51. The number of hydrogen-bond acceptors (Lipinski definition) is 3. The second kappa shape index (κ2) is 8.42. The van der Waals surface area contributed by atoms with E-state index in [9.17, 15) is 9.59 Å². The molecule has 2 N–H and O–H groups in total. The maximum atomic E-state index is 12.1. The van der Waals surface area contributed by atoms with Gasteiger partial charge in [0.2, 0.25) is 11.8 Å². The van der Waals surface area contributed by atoms with Crippen LogP contribution in [0.5, 0.6) is 0 Å². The van der Waals surface area contributed by atoms with Crippen LogP contribution in [-0.2, 0) is 22.6 Å². The zero-order chi connectivity index (χ0) is 15.8. The monoisotopic (exact) mass is 291 g/mol. The third-order valence-electron chi connectivity index (χ3n) is 3.53. The van der Waals surface area contributed by atoms with E-state index in [1.54, 1.807) is 11.9 Å². The minimum atomic E-state index is -0.0593. The lowest BCUT2D eigenvalue weighted by Gasteiger charge is -2.23. The summed E-state index contributed by atoms with van der Waals surface area (Å²) in [4.78, 5) is 27.3. The lowest BCUT2D eigenvalue weighted by atomic mass is 10.1.